The number of benzene rings is 5. The molecule has 0 saturated carbocycles. The van der Waals surface area contributed by atoms with Crippen molar-refractivity contribution < 1.29 is 18.8 Å². The molecule has 0 fully saturated rings. The molecule has 6 aromatic rings. The molecule has 10 heteroatoms. The van der Waals surface area contributed by atoms with Crippen LogP contribution in [-0.4, -0.2) is 42.1 Å². The van der Waals surface area contributed by atoms with Crippen LogP contribution in [0.5, 0.6) is 0 Å². The average molecular weight is 682 g/mol. The van der Waals surface area contributed by atoms with Crippen molar-refractivity contribution in [1.82, 2.24) is 10.3 Å². The van der Waals surface area contributed by atoms with Crippen molar-refractivity contribution in [3.8, 4) is 11.5 Å². The Kier molecular flexibility index (Phi) is 10.4. The maximum absolute atomic E-state index is 13.6. The van der Waals surface area contributed by atoms with Gasteiger partial charge in [0.05, 0.1) is 5.25 Å². The minimum Gasteiger partial charge on any atom is -0.436 e. The van der Waals surface area contributed by atoms with Crippen molar-refractivity contribution in [2.24, 2.45) is 0 Å². The van der Waals surface area contributed by atoms with Crippen LogP contribution < -0.4 is 20.9 Å². The lowest BCUT2D eigenvalue weighted by Gasteiger charge is -2.15. The molecule has 1 atom stereocenters. The largest absolute Gasteiger partial charge is 0.436 e. The standard InChI is InChI=1S/C40H35N5O4S/c1-26(37(46)41-30-20-18-29(19-21-30)40-44-34-14-7-8-15-36(34)49-40)50-33-13-9-12-31(25-33)42-39(48)35(43-38(47)28-10-5-4-6-11-28)24-27-16-22-32(23-17-27)45(2)3/h4-26H,1-3H3,(H,41,46)(H,42,48)(H,43,47)/b35-24+. The fourth-order valence-electron chi connectivity index (χ4n) is 5.02. The van der Waals surface area contributed by atoms with Gasteiger partial charge in [-0.25, -0.2) is 4.98 Å². The van der Waals surface area contributed by atoms with E-state index in [2.05, 4.69) is 20.9 Å². The van der Waals surface area contributed by atoms with Gasteiger partial charge < -0.3 is 25.3 Å². The number of hydrogen-bond donors (Lipinski definition) is 3. The molecule has 0 aliphatic heterocycles. The zero-order valence-corrected chi connectivity index (χ0v) is 28.5. The minimum atomic E-state index is -0.486. The van der Waals surface area contributed by atoms with E-state index in [1.807, 2.05) is 111 Å². The third kappa shape index (κ3) is 8.47. The van der Waals surface area contributed by atoms with Gasteiger partial charge in [-0.3, -0.25) is 14.4 Å². The number of thioether (sulfide) groups is 1. The Morgan fingerprint density at radius 2 is 1.50 bits per heavy atom. The summed E-state index contributed by atoms with van der Waals surface area (Å²) in [5.41, 5.74) is 5.75. The molecule has 1 unspecified atom stereocenters. The SMILES string of the molecule is CC(Sc1cccc(NC(=O)/C(=C\c2ccc(N(C)C)cc2)NC(=O)c2ccccc2)c1)C(=O)Nc1ccc(-c2nc3ccccc3o2)cc1. The van der Waals surface area contributed by atoms with Gasteiger partial charge >= 0.3 is 0 Å². The van der Waals surface area contributed by atoms with Gasteiger partial charge in [-0.05, 0) is 97.4 Å². The molecular formula is C40H35N5O4S. The molecule has 250 valence electrons. The molecule has 3 N–H and O–H groups in total. The smallest absolute Gasteiger partial charge is 0.272 e. The highest BCUT2D eigenvalue weighted by Gasteiger charge is 2.18. The van der Waals surface area contributed by atoms with Gasteiger partial charge in [0.1, 0.15) is 11.2 Å². The number of anilines is 3. The molecule has 6 rings (SSSR count). The van der Waals surface area contributed by atoms with Crippen LogP contribution in [0.2, 0.25) is 0 Å². The van der Waals surface area contributed by atoms with Gasteiger partial charge in [0, 0.05) is 47.2 Å². The lowest BCUT2D eigenvalue weighted by Crippen LogP contribution is -2.30. The number of oxazole rings is 1. The molecular weight excluding hydrogens is 647 g/mol. The Labute approximate surface area is 294 Å². The summed E-state index contributed by atoms with van der Waals surface area (Å²) in [6, 6.07) is 38.5. The number of nitrogens with one attached hydrogen (secondary N) is 3. The first-order chi connectivity index (χ1) is 24.2. The van der Waals surface area contributed by atoms with Gasteiger partial charge in [0.2, 0.25) is 11.8 Å². The fraction of sp³-hybridized carbons (Fsp3) is 0.100. The second-order valence-electron chi connectivity index (χ2n) is 11.7. The highest BCUT2D eigenvalue weighted by Crippen LogP contribution is 2.28. The molecule has 0 saturated heterocycles. The lowest BCUT2D eigenvalue weighted by atomic mass is 10.1. The number of fused-ring (bicyclic) bond motifs is 1. The summed E-state index contributed by atoms with van der Waals surface area (Å²) in [7, 11) is 3.90. The summed E-state index contributed by atoms with van der Waals surface area (Å²) in [6.45, 7) is 1.82. The van der Waals surface area contributed by atoms with Crippen molar-refractivity contribution in [3.05, 3.63) is 144 Å². The Balaban J connectivity index is 1.11. The number of aromatic nitrogens is 1. The summed E-state index contributed by atoms with van der Waals surface area (Å²) >= 11 is 1.36. The monoisotopic (exact) mass is 681 g/mol. The number of carbonyl (C=O) groups excluding carboxylic acids is 3. The van der Waals surface area contributed by atoms with Gasteiger partial charge in [-0.2, -0.15) is 0 Å². The van der Waals surface area contributed by atoms with E-state index < -0.39 is 17.1 Å². The molecule has 0 aliphatic carbocycles. The van der Waals surface area contributed by atoms with E-state index in [9.17, 15) is 14.4 Å². The van der Waals surface area contributed by atoms with E-state index >= 15 is 0 Å². The van der Waals surface area contributed by atoms with Gasteiger partial charge in [0.25, 0.3) is 11.8 Å². The molecule has 1 aromatic heterocycles. The molecule has 1 heterocycles. The number of amides is 3. The van der Waals surface area contributed by atoms with E-state index in [4.69, 9.17) is 4.42 Å². The van der Waals surface area contributed by atoms with Crippen LogP contribution in [0.4, 0.5) is 17.1 Å². The van der Waals surface area contributed by atoms with E-state index in [-0.39, 0.29) is 11.6 Å². The number of nitrogens with zero attached hydrogens (tertiary/aromatic N) is 2. The summed E-state index contributed by atoms with van der Waals surface area (Å²) < 4.78 is 5.85. The van der Waals surface area contributed by atoms with E-state index in [1.54, 1.807) is 48.5 Å². The van der Waals surface area contributed by atoms with Crippen LogP contribution in [0.1, 0.15) is 22.8 Å². The summed E-state index contributed by atoms with van der Waals surface area (Å²) in [5, 5.41) is 8.20. The summed E-state index contributed by atoms with van der Waals surface area (Å²) in [5.74, 6) is -0.546. The van der Waals surface area contributed by atoms with E-state index in [0.717, 1.165) is 27.2 Å². The Bertz CT molecular complexity index is 2130. The quantitative estimate of drug-likeness (QED) is 0.0935. The second-order valence-corrected chi connectivity index (χ2v) is 13.1. The number of hydrogen-bond acceptors (Lipinski definition) is 7. The Hall–Kier alpha value is -6.13. The molecule has 0 spiro atoms. The molecule has 0 aliphatic rings. The zero-order valence-electron chi connectivity index (χ0n) is 27.7. The normalized spacial score (nSPS) is 11.9. The first kappa shape index (κ1) is 33.8. The Morgan fingerprint density at radius 1 is 0.780 bits per heavy atom. The van der Waals surface area contributed by atoms with E-state index in [0.29, 0.717) is 28.4 Å². The zero-order chi connectivity index (χ0) is 35.0. The van der Waals surface area contributed by atoms with Crippen LogP contribution in [0, 0.1) is 0 Å². The molecule has 0 bridgehead atoms. The molecule has 9 nitrogen and oxygen atoms in total. The minimum absolute atomic E-state index is 0.0874. The van der Waals surface area contributed by atoms with Crippen LogP contribution >= 0.6 is 11.8 Å². The van der Waals surface area contributed by atoms with Crippen LogP contribution in [0.3, 0.4) is 0 Å². The first-order valence-corrected chi connectivity index (χ1v) is 16.8. The second kappa shape index (κ2) is 15.4. The highest BCUT2D eigenvalue weighted by molar-refractivity contribution is 8.00. The Morgan fingerprint density at radius 3 is 2.22 bits per heavy atom. The molecule has 50 heavy (non-hydrogen) atoms. The highest BCUT2D eigenvalue weighted by atomic mass is 32.2. The maximum Gasteiger partial charge on any atom is 0.272 e. The van der Waals surface area contributed by atoms with Gasteiger partial charge in [-0.15, -0.1) is 11.8 Å². The predicted molar refractivity (Wildman–Crippen MR) is 201 cm³/mol. The third-order valence-corrected chi connectivity index (χ3v) is 8.81. The van der Waals surface area contributed by atoms with Crippen molar-refractivity contribution in [3.63, 3.8) is 0 Å². The van der Waals surface area contributed by atoms with Crippen molar-refractivity contribution in [1.29, 1.82) is 0 Å². The number of rotatable bonds is 11. The van der Waals surface area contributed by atoms with Crippen molar-refractivity contribution in [2.75, 3.05) is 29.6 Å². The van der Waals surface area contributed by atoms with E-state index in [1.165, 1.54) is 11.8 Å². The topological polar surface area (TPSA) is 117 Å². The van der Waals surface area contributed by atoms with Crippen LogP contribution in [-0.2, 0) is 9.59 Å². The van der Waals surface area contributed by atoms with Gasteiger partial charge in [-0.1, -0.05) is 48.5 Å². The van der Waals surface area contributed by atoms with Crippen molar-refractivity contribution >= 4 is 63.7 Å². The molecule has 3 amide bonds. The maximum atomic E-state index is 13.6. The first-order valence-electron chi connectivity index (χ1n) is 15.9. The fourth-order valence-corrected chi connectivity index (χ4v) is 5.94. The van der Waals surface area contributed by atoms with Crippen LogP contribution in [0.15, 0.2) is 142 Å². The number of carbonyl (C=O) groups is 3. The van der Waals surface area contributed by atoms with Crippen molar-refractivity contribution in [2.45, 2.75) is 17.1 Å². The summed E-state index contributed by atoms with van der Waals surface area (Å²) in [6.07, 6.45) is 1.64. The number of para-hydroxylation sites is 2. The predicted octanol–water partition coefficient (Wildman–Crippen LogP) is 8.09. The third-order valence-electron chi connectivity index (χ3n) is 7.72. The van der Waals surface area contributed by atoms with Crippen LogP contribution in [0.25, 0.3) is 28.6 Å². The molecule has 0 radical (unpaired) electrons. The lowest BCUT2D eigenvalue weighted by molar-refractivity contribution is -0.115. The average Bonchev–Trinajstić information content (AvgIpc) is 3.57. The van der Waals surface area contributed by atoms with Gasteiger partial charge in [0.15, 0.2) is 5.58 Å². The summed E-state index contributed by atoms with van der Waals surface area (Å²) in [4.78, 5) is 47.0. The molecule has 5 aromatic carbocycles.